The lowest BCUT2D eigenvalue weighted by atomic mass is 10.4. The van der Waals surface area contributed by atoms with Crippen LogP contribution in [0.25, 0.3) is 0 Å². The van der Waals surface area contributed by atoms with E-state index in [9.17, 15) is 0 Å². The Bertz CT molecular complexity index is 598. The van der Waals surface area contributed by atoms with Crippen LogP contribution in [0.3, 0.4) is 0 Å². The fraction of sp³-hybridized carbons (Fsp3) is 0.308. The Morgan fingerprint density at radius 3 is 2.60 bits per heavy atom. The molecule has 1 aliphatic heterocycles. The molecule has 1 aliphatic rings. The summed E-state index contributed by atoms with van der Waals surface area (Å²) in [5.74, 6) is 1.22. The second kappa shape index (κ2) is 5.85. The summed E-state index contributed by atoms with van der Waals surface area (Å²) in [6.07, 6.45) is 5.86. The molecule has 0 bridgehead atoms. The van der Waals surface area contributed by atoms with E-state index in [1.807, 2.05) is 6.07 Å². The van der Waals surface area contributed by atoms with Crippen LogP contribution in [0.5, 0.6) is 0 Å². The van der Waals surface area contributed by atoms with Gasteiger partial charge in [-0.1, -0.05) is 23.4 Å². The first-order valence-electron chi connectivity index (χ1n) is 6.39. The van der Waals surface area contributed by atoms with E-state index >= 15 is 0 Å². The molecule has 20 heavy (non-hydrogen) atoms. The minimum Gasteiger partial charge on any atom is -0.384 e. The van der Waals surface area contributed by atoms with E-state index in [4.69, 9.17) is 17.3 Å². The number of aromatic nitrogens is 3. The molecule has 1 saturated heterocycles. The topological polar surface area (TPSA) is 67.9 Å². The average molecular weight is 308 g/mol. The molecule has 0 unspecified atom stereocenters. The molecule has 0 saturated carbocycles. The molecule has 2 N–H and O–H groups in total. The van der Waals surface area contributed by atoms with Crippen LogP contribution in [0, 0.1) is 0 Å². The first-order chi connectivity index (χ1) is 9.72. The van der Waals surface area contributed by atoms with Crippen molar-refractivity contribution in [2.45, 2.75) is 22.6 Å². The van der Waals surface area contributed by atoms with E-state index in [1.165, 1.54) is 24.6 Å². The van der Waals surface area contributed by atoms with Gasteiger partial charge in [0.15, 0.2) is 0 Å². The van der Waals surface area contributed by atoms with Gasteiger partial charge >= 0.3 is 0 Å². The van der Waals surface area contributed by atoms with Crippen molar-refractivity contribution < 1.29 is 0 Å². The van der Waals surface area contributed by atoms with E-state index in [0.717, 1.165) is 22.9 Å². The van der Waals surface area contributed by atoms with Gasteiger partial charge in [-0.2, -0.15) is 4.98 Å². The summed E-state index contributed by atoms with van der Waals surface area (Å²) < 4.78 is 0. The summed E-state index contributed by atoms with van der Waals surface area (Å²) in [6.45, 7) is 2.01. The van der Waals surface area contributed by atoms with Crippen LogP contribution in [0.1, 0.15) is 12.8 Å². The molecule has 104 valence electrons. The van der Waals surface area contributed by atoms with E-state index in [0.29, 0.717) is 16.9 Å². The van der Waals surface area contributed by atoms with Crippen molar-refractivity contribution in [2.75, 3.05) is 23.7 Å². The first kappa shape index (κ1) is 13.5. The molecule has 3 rings (SSSR count). The quantitative estimate of drug-likeness (QED) is 0.879. The number of nitrogen functional groups attached to an aromatic ring is 1. The molecule has 5 nitrogen and oxygen atoms in total. The number of hydrogen-bond donors (Lipinski definition) is 1. The molecular formula is C13H14ClN5S. The zero-order chi connectivity index (χ0) is 13.9. The number of pyridine rings is 1. The molecule has 3 heterocycles. The van der Waals surface area contributed by atoms with Crippen molar-refractivity contribution >= 4 is 35.1 Å². The van der Waals surface area contributed by atoms with Gasteiger partial charge in [0.05, 0.1) is 4.90 Å². The standard InChI is InChI=1S/C13H14ClN5S/c14-12-10(20-9-3-4-11(15)16-7-9)8-17-13(18-12)19-5-1-2-6-19/h3-4,7-8H,1-2,5-6H2,(H2,15,16). The maximum absolute atomic E-state index is 6.25. The Kier molecular flexibility index (Phi) is 3.93. The Morgan fingerprint density at radius 2 is 1.95 bits per heavy atom. The zero-order valence-electron chi connectivity index (χ0n) is 10.8. The van der Waals surface area contributed by atoms with Crippen molar-refractivity contribution in [1.29, 1.82) is 0 Å². The number of nitrogens with zero attached hydrogens (tertiary/aromatic N) is 4. The summed E-state index contributed by atoms with van der Waals surface area (Å²) in [5, 5.41) is 0.476. The Labute approximate surface area is 126 Å². The van der Waals surface area contributed by atoms with Gasteiger partial charge in [0.2, 0.25) is 5.95 Å². The molecule has 2 aromatic rings. The summed E-state index contributed by atoms with van der Waals surface area (Å²) in [5.41, 5.74) is 5.56. The molecule has 0 spiro atoms. The molecule has 7 heteroatoms. The molecule has 0 amide bonds. The SMILES string of the molecule is Nc1ccc(Sc2cnc(N3CCCC3)nc2Cl)cn1. The van der Waals surface area contributed by atoms with E-state index < -0.39 is 0 Å². The van der Waals surface area contributed by atoms with Crippen molar-refractivity contribution in [2.24, 2.45) is 0 Å². The fourth-order valence-electron chi connectivity index (χ4n) is 2.06. The van der Waals surface area contributed by atoms with E-state index in [-0.39, 0.29) is 0 Å². The lowest BCUT2D eigenvalue weighted by molar-refractivity contribution is 0.888. The second-order valence-corrected chi connectivity index (χ2v) is 6.01. The number of rotatable bonds is 3. The summed E-state index contributed by atoms with van der Waals surface area (Å²) >= 11 is 7.73. The first-order valence-corrected chi connectivity index (χ1v) is 7.59. The molecule has 0 atom stereocenters. The average Bonchev–Trinajstić information content (AvgIpc) is 2.97. The molecule has 0 radical (unpaired) electrons. The highest BCUT2D eigenvalue weighted by atomic mass is 35.5. The third-order valence-corrected chi connectivity index (χ3v) is 4.47. The van der Waals surface area contributed by atoms with Gasteiger partial charge in [0.1, 0.15) is 11.0 Å². The van der Waals surface area contributed by atoms with Crippen LogP contribution in [0.15, 0.2) is 34.3 Å². The van der Waals surface area contributed by atoms with Gasteiger partial charge < -0.3 is 10.6 Å². The van der Waals surface area contributed by atoms with Crippen LogP contribution in [-0.4, -0.2) is 28.0 Å². The van der Waals surface area contributed by atoms with E-state index in [1.54, 1.807) is 18.5 Å². The normalized spacial score (nSPS) is 14.8. The van der Waals surface area contributed by atoms with Gasteiger partial charge in [0, 0.05) is 30.4 Å². The van der Waals surface area contributed by atoms with Crippen LogP contribution >= 0.6 is 23.4 Å². The summed E-state index contributed by atoms with van der Waals surface area (Å²) in [7, 11) is 0. The van der Waals surface area contributed by atoms with Crippen molar-refractivity contribution in [3.05, 3.63) is 29.7 Å². The molecule has 1 fully saturated rings. The highest BCUT2D eigenvalue weighted by Gasteiger charge is 2.16. The highest BCUT2D eigenvalue weighted by Crippen LogP contribution is 2.32. The molecule has 0 aliphatic carbocycles. The monoisotopic (exact) mass is 307 g/mol. The largest absolute Gasteiger partial charge is 0.384 e. The van der Waals surface area contributed by atoms with Crippen LogP contribution in [-0.2, 0) is 0 Å². The Morgan fingerprint density at radius 1 is 1.15 bits per heavy atom. The van der Waals surface area contributed by atoms with Gasteiger partial charge in [0.25, 0.3) is 0 Å². The third kappa shape index (κ3) is 2.96. The van der Waals surface area contributed by atoms with Gasteiger partial charge in [-0.15, -0.1) is 0 Å². The predicted molar refractivity (Wildman–Crippen MR) is 81.3 cm³/mol. The highest BCUT2D eigenvalue weighted by molar-refractivity contribution is 7.99. The minimum absolute atomic E-state index is 0.476. The maximum atomic E-state index is 6.25. The Hall–Kier alpha value is -1.53. The number of halogens is 1. The van der Waals surface area contributed by atoms with Crippen LogP contribution in [0.4, 0.5) is 11.8 Å². The smallest absolute Gasteiger partial charge is 0.226 e. The van der Waals surface area contributed by atoms with Gasteiger partial charge in [-0.25, -0.2) is 9.97 Å². The van der Waals surface area contributed by atoms with Crippen LogP contribution in [0.2, 0.25) is 5.15 Å². The predicted octanol–water partition coefficient (Wildman–Crippen LogP) is 2.86. The number of nitrogens with two attached hydrogens (primary N) is 1. The summed E-state index contributed by atoms with van der Waals surface area (Å²) in [6, 6.07) is 3.66. The summed E-state index contributed by atoms with van der Waals surface area (Å²) in [4.78, 5) is 16.8. The lowest BCUT2D eigenvalue weighted by Crippen LogP contribution is -2.20. The molecule has 0 aromatic carbocycles. The van der Waals surface area contributed by atoms with Gasteiger partial charge in [-0.05, 0) is 25.0 Å². The maximum Gasteiger partial charge on any atom is 0.226 e. The van der Waals surface area contributed by atoms with Crippen molar-refractivity contribution in [3.8, 4) is 0 Å². The third-order valence-electron chi connectivity index (χ3n) is 3.07. The van der Waals surface area contributed by atoms with Crippen LogP contribution < -0.4 is 10.6 Å². The van der Waals surface area contributed by atoms with Crippen molar-refractivity contribution in [3.63, 3.8) is 0 Å². The van der Waals surface area contributed by atoms with E-state index in [2.05, 4.69) is 19.9 Å². The Balaban J connectivity index is 1.78. The number of hydrogen-bond acceptors (Lipinski definition) is 6. The van der Waals surface area contributed by atoms with Gasteiger partial charge in [-0.3, -0.25) is 0 Å². The fourth-order valence-corrected chi connectivity index (χ4v) is 3.03. The lowest BCUT2D eigenvalue weighted by Gasteiger charge is -2.15. The van der Waals surface area contributed by atoms with Crippen molar-refractivity contribution in [1.82, 2.24) is 15.0 Å². The number of anilines is 2. The zero-order valence-corrected chi connectivity index (χ0v) is 12.4. The second-order valence-electron chi connectivity index (χ2n) is 4.54. The minimum atomic E-state index is 0.476. The molecular weight excluding hydrogens is 294 g/mol. The molecule has 2 aromatic heterocycles.